The number of aromatic nitrogens is 2. The average Bonchev–Trinajstić information content (AvgIpc) is 3.29. The Labute approximate surface area is 144 Å². The van der Waals surface area contributed by atoms with Crippen molar-refractivity contribution in [3.8, 4) is 10.6 Å². The largest absolute Gasteiger partial charge is 0.291 e. The standard InChI is InChI=1S/C17H18N4O2S/c1-2-3-7-15(22)20-9-5-10-21(20)17(23)14-12-24-16(19-14)13-6-4-8-18-11-13/h2,4,6,8,11-12H,1,3,5,7,9-10H2. The Bertz CT molecular complexity index is 744. The molecule has 7 heteroatoms. The molecule has 24 heavy (non-hydrogen) atoms. The maximum atomic E-state index is 12.7. The molecular formula is C17H18N4O2S. The van der Waals surface area contributed by atoms with Gasteiger partial charge in [-0.25, -0.2) is 9.99 Å². The highest BCUT2D eigenvalue weighted by atomic mass is 32.1. The quantitative estimate of drug-likeness (QED) is 0.784. The highest BCUT2D eigenvalue weighted by molar-refractivity contribution is 7.13. The molecule has 1 aliphatic rings. The monoisotopic (exact) mass is 342 g/mol. The number of amides is 2. The van der Waals surface area contributed by atoms with Crippen LogP contribution in [0, 0.1) is 0 Å². The topological polar surface area (TPSA) is 66.4 Å². The number of thiazole rings is 1. The van der Waals surface area contributed by atoms with E-state index in [1.807, 2.05) is 12.1 Å². The minimum Gasteiger partial charge on any atom is -0.273 e. The summed E-state index contributed by atoms with van der Waals surface area (Å²) in [5.41, 5.74) is 1.24. The van der Waals surface area contributed by atoms with Gasteiger partial charge in [0, 0.05) is 42.8 Å². The van der Waals surface area contributed by atoms with Crippen LogP contribution in [0.4, 0.5) is 0 Å². The molecule has 6 nitrogen and oxygen atoms in total. The van der Waals surface area contributed by atoms with E-state index in [0.29, 0.717) is 31.6 Å². The number of carbonyl (C=O) groups excluding carboxylic acids is 2. The third-order valence-electron chi connectivity index (χ3n) is 3.75. The van der Waals surface area contributed by atoms with E-state index in [4.69, 9.17) is 0 Å². The number of carbonyl (C=O) groups is 2. The fourth-order valence-electron chi connectivity index (χ4n) is 2.56. The minimum absolute atomic E-state index is 0.0523. The molecule has 2 amide bonds. The van der Waals surface area contributed by atoms with Crippen LogP contribution in [0.2, 0.25) is 0 Å². The van der Waals surface area contributed by atoms with Gasteiger partial charge in [-0.3, -0.25) is 19.6 Å². The van der Waals surface area contributed by atoms with Crippen molar-refractivity contribution in [3.05, 3.63) is 48.3 Å². The Hall–Kier alpha value is -2.54. The average molecular weight is 342 g/mol. The summed E-state index contributed by atoms with van der Waals surface area (Å²) in [6.07, 6.45) is 6.88. The van der Waals surface area contributed by atoms with Crippen LogP contribution in [0.1, 0.15) is 29.8 Å². The van der Waals surface area contributed by atoms with Gasteiger partial charge in [-0.1, -0.05) is 6.08 Å². The van der Waals surface area contributed by atoms with Gasteiger partial charge >= 0.3 is 0 Å². The van der Waals surface area contributed by atoms with E-state index in [1.165, 1.54) is 21.4 Å². The molecule has 0 unspecified atom stereocenters. The van der Waals surface area contributed by atoms with Crippen molar-refractivity contribution < 1.29 is 9.59 Å². The fourth-order valence-corrected chi connectivity index (χ4v) is 3.35. The summed E-state index contributed by atoms with van der Waals surface area (Å²) in [5.74, 6) is -0.283. The second-order valence-electron chi connectivity index (χ2n) is 5.41. The molecule has 1 fully saturated rings. The first-order valence-corrected chi connectivity index (χ1v) is 8.67. The Morgan fingerprint density at radius 1 is 1.33 bits per heavy atom. The third kappa shape index (κ3) is 3.35. The fraction of sp³-hybridized carbons (Fsp3) is 0.294. The molecule has 3 heterocycles. The van der Waals surface area contributed by atoms with Crippen molar-refractivity contribution in [3.63, 3.8) is 0 Å². The van der Waals surface area contributed by atoms with Crippen LogP contribution < -0.4 is 0 Å². The second-order valence-corrected chi connectivity index (χ2v) is 6.26. The highest BCUT2D eigenvalue weighted by Crippen LogP contribution is 2.24. The molecule has 0 atom stereocenters. The zero-order valence-corrected chi connectivity index (χ0v) is 14.0. The van der Waals surface area contributed by atoms with Gasteiger partial charge in [0.05, 0.1) is 0 Å². The number of rotatable bonds is 5. The van der Waals surface area contributed by atoms with E-state index in [0.717, 1.165) is 17.0 Å². The summed E-state index contributed by atoms with van der Waals surface area (Å²) >= 11 is 1.40. The van der Waals surface area contributed by atoms with Crippen LogP contribution in [0.5, 0.6) is 0 Å². The van der Waals surface area contributed by atoms with Gasteiger partial charge in [0.1, 0.15) is 10.7 Å². The number of hydrazine groups is 1. The molecular weight excluding hydrogens is 324 g/mol. The summed E-state index contributed by atoms with van der Waals surface area (Å²) in [6, 6.07) is 3.74. The first kappa shape index (κ1) is 16.3. The van der Waals surface area contributed by atoms with E-state index >= 15 is 0 Å². The molecule has 0 bridgehead atoms. The molecule has 2 aromatic rings. The predicted molar refractivity (Wildman–Crippen MR) is 92.1 cm³/mol. The predicted octanol–water partition coefficient (Wildman–Crippen LogP) is 2.76. The van der Waals surface area contributed by atoms with Crippen molar-refractivity contribution in [2.24, 2.45) is 0 Å². The van der Waals surface area contributed by atoms with Crippen LogP contribution in [-0.2, 0) is 4.79 Å². The lowest BCUT2D eigenvalue weighted by Crippen LogP contribution is -2.44. The Morgan fingerprint density at radius 2 is 2.17 bits per heavy atom. The van der Waals surface area contributed by atoms with Gasteiger partial charge < -0.3 is 0 Å². The molecule has 1 saturated heterocycles. The molecule has 2 aromatic heterocycles. The second kappa shape index (κ2) is 7.35. The lowest BCUT2D eigenvalue weighted by atomic mass is 10.3. The van der Waals surface area contributed by atoms with E-state index in [2.05, 4.69) is 16.5 Å². The first-order chi connectivity index (χ1) is 11.7. The van der Waals surface area contributed by atoms with E-state index in [1.54, 1.807) is 23.8 Å². The van der Waals surface area contributed by atoms with Crippen LogP contribution in [-0.4, -0.2) is 44.9 Å². The summed E-state index contributed by atoms with van der Waals surface area (Å²) < 4.78 is 0. The SMILES string of the molecule is C=CCCC(=O)N1CCCN1C(=O)c1csc(-c2cccnc2)n1. The van der Waals surface area contributed by atoms with Gasteiger partial charge in [0.15, 0.2) is 0 Å². The number of allylic oxidation sites excluding steroid dienone is 1. The molecule has 0 saturated carbocycles. The van der Waals surface area contributed by atoms with Gasteiger partial charge in [-0.2, -0.15) is 0 Å². The number of pyridine rings is 1. The molecule has 0 radical (unpaired) electrons. The van der Waals surface area contributed by atoms with E-state index in [9.17, 15) is 9.59 Å². The van der Waals surface area contributed by atoms with Gasteiger partial charge in [0.25, 0.3) is 5.91 Å². The van der Waals surface area contributed by atoms with E-state index < -0.39 is 0 Å². The smallest absolute Gasteiger partial charge is 0.273 e. The summed E-state index contributed by atoms with van der Waals surface area (Å²) in [6.45, 7) is 4.74. The number of nitrogens with zero attached hydrogens (tertiary/aromatic N) is 4. The van der Waals surface area contributed by atoms with Crippen molar-refractivity contribution in [1.82, 2.24) is 20.0 Å². The summed E-state index contributed by atoms with van der Waals surface area (Å²) in [5, 5.41) is 5.52. The molecule has 124 valence electrons. The maximum absolute atomic E-state index is 12.7. The van der Waals surface area contributed by atoms with Crippen LogP contribution in [0.25, 0.3) is 10.6 Å². The summed E-state index contributed by atoms with van der Waals surface area (Å²) in [4.78, 5) is 33.4. The zero-order valence-electron chi connectivity index (χ0n) is 13.2. The van der Waals surface area contributed by atoms with Crippen LogP contribution in [0.3, 0.4) is 0 Å². The first-order valence-electron chi connectivity index (χ1n) is 7.79. The Balaban J connectivity index is 1.75. The third-order valence-corrected chi connectivity index (χ3v) is 4.64. The molecule has 1 aliphatic heterocycles. The molecule has 3 rings (SSSR count). The highest BCUT2D eigenvalue weighted by Gasteiger charge is 2.31. The van der Waals surface area contributed by atoms with Gasteiger partial charge in [-0.05, 0) is 25.0 Å². The number of hydrogen-bond acceptors (Lipinski definition) is 5. The van der Waals surface area contributed by atoms with Crippen LogP contribution >= 0.6 is 11.3 Å². The Kier molecular flexibility index (Phi) is 5.00. The molecule has 0 spiro atoms. The van der Waals surface area contributed by atoms with Gasteiger partial charge in [0.2, 0.25) is 5.91 Å². The van der Waals surface area contributed by atoms with Crippen molar-refractivity contribution >= 4 is 23.2 Å². The van der Waals surface area contributed by atoms with Crippen LogP contribution in [0.15, 0.2) is 42.6 Å². The minimum atomic E-state index is -0.231. The lowest BCUT2D eigenvalue weighted by molar-refractivity contribution is -0.140. The molecule has 0 aliphatic carbocycles. The molecule has 0 N–H and O–H groups in total. The lowest BCUT2D eigenvalue weighted by Gasteiger charge is -2.27. The maximum Gasteiger partial charge on any atom is 0.291 e. The van der Waals surface area contributed by atoms with Crippen molar-refractivity contribution in [2.45, 2.75) is 19.3 Å². The van der Waals surface area contributed by atoms with E-state index in [-0.39, 0.29) is 11.8 Å². The van der Waals surface area contributed by atoms with Crippen molar-refractivity contribution in [2.75, 3.05) is 13.1 Å². The number of hydrogen-bond donors (Lipinski definition) is 0. The van der Waals surface area contributed by atoms with Crippen molar-refractivity contribution in [1.29, 1.82) is 0 Å². The summed E-state index contributed by atoms with van der Waals surface area (Å²) in [7, 11) is 0. The molecule has 0 aromatic carbocycles. The zero-order chi connectivity index (χ0) is 16.9. The van der Waals surface area contributed by atoms with Gasteiger partial charge in [-0.15, -0.1) is 17.9 Å². The normalized spacial score (nSPS) is 14.0. The Morgan fingerprint density at radius 3 is 2.92 bits per heavy atom.